The number of carbonyl (C=O) groups excluding carboxylic acids is 1. The molecule has 146 valence electrons. The van der Waals surface area contributed by atoms with Crippen molar-refractivity contribution in [3.05, 3.63) is 59.7 Å². The first-order valence-corrected chi connectivity index (χ1v) is 9.11. The van der Waals surface area contributed by atoms with Crippen LogP contribution in [-0.4, -0.2) is 21.1 Å². The number of aryl methyl sites for hydroxylation is 1. The van der Waals surface area contributed by atoms with Crippen molar-refractivity contribution in [2.75, 3.05) is 5.32 Å². The number of halogens is 4. The topological polar surface area (TPSA) is 54.9 Å². The molecule has 1 aromatic heterocycles. The van der Waals surface area contributed by atoms with E-state index in [0.29, 0.717) is 10.9 Å². The fourth-order valence-electron chi connectivity index (χ4n) is 2.40. The Balaban J connectivity index is 1.86. The monoisotopic (exact) mass is 409 g/mol. The molecule has 0 spiro atoms. The van der Waals surface area contributed by atoms with Crippen LogP contribution < -0.4 is 5.32 Å². The van der Waals surface area contributed by atoms with E-state index >= 15 is 0 Å². The third kappa shape index (κ3) is 4.41. The molecule has 9 heteroatoms. The SMILES string of the molecule is Cc1ccc(NC(=O)[C@H](C)Sc2nc(C(F)(F)F)nc3ccccc23)cc1F. The Hall–Kier alpha value is -2.68. The third-order valence-corrected chi connectivity index (χ3v) is 5.02. The molecule has 0 aliphatic heterocycles. The standard InChI is InChI=1S/C19H15F4N3OS/c1-10-7-8-12(9-14(10)20)24-16(27)11(2)28-17-13-5-3-4-6-15(13)25-18(26-17)19(21,22)23/h3-9,11H,1-2H3,(H,24,27)/t11-/m0/s1. The first kappa shape index (κ1) is 20.1. The molecule has 1 atom stereocenters. The number of carbonyl (C=O) groups is 1. The van der Waals surface area contributed by atoms with Gasteiger partial charge in [-0.1, -0.05) is 36.0 Å². The van der Waals surface area contributed by atoms with Crippen molar-refractivity contribution in [1.29, 1.82) is 0 Å². The predicted octanol–water partition coefficient (Wildman–Crippen LogP) is 5.22. The minimum Gasteiger partial charge on any atom is -0.325 e. The smallest absolute Gasteiger partial charge is 0.325 e. The number of hydrogen-bond donors (Lipinski definition) is 1. The Kier molecular flexibility index (Phi) is 5.55. The lowest BCUT2D eigenvalue weighted by atomic mass is 10.2. The van der Waals surface area contributed by atoms with Crippen LogP contribution in [0.4, 0.5) is 23.2 Å². The highest BCUT2D eigenvalue weighted by Crippen LogP contribution is 2.33. The zero-order chi connectivity index (χ0) is 20.5. The zero-order valence-electron chi connectivity index (χ0n) is 14.8. The minimum atomic E-state index is -4.70. The molecule has 3 aromatic rings. The third-order valence-electron chi connectivity index (χ3n) is 3.92. The summed E-state index contributed by atoms with van der Waals surface area (Å²) < 4.78 is 52.9. The molecular formula is C19H15F4N3OS. The number of hydrogen-bond acceptors (Lipinski definition) is 4. The van der Waals surface area contributed by atoms with Gasteiger partial charge >= 0.3 is 6.18 Å². The van der Waals surface area contributed by atoms with Crippen molar-refractivity contribution in [1.82, 2.24) is 9.97 Å². The van der Waals surface area contributed by atoms with Crippen LogP contribution in [0.3, 0.4) is 0 Å². The van der Waals surface area contributed by atoms with Gasteiger partial charge in [-0.2, -0.15) is 13.2 Å². The van der Waals surface area contributed by atoms with Gasteiger partial charge in [0.2, 0.25) is 11.7 Å². The van der Waals surface area contributed by atoms with Crippen LogP contribution in [0.5, 0.6) is 0 Å². The van der Waals surface area contributed by atoms with Gasteiger partial charge in [-0.3, -0.25) is 4.79 Å². The molecule has 28 heavy (non-hydrogen) atoms. The van der Waals surface area contributed by atoms with E-state index in [1.54, 1.807) is 31.2 Å². The van der Waals surface area contributed by atoms with E-state index < -0.39 is 29.0 Å². The number of aromatic nitrogens is 2. The van der Waals surface area contributed by atoms with Gasteiger partial charge in [0.25, 0.3) is 0 Å². The lowest BCUT2D eigenvalue weighted by Gasteiger charge is -2.14. The summed E-state index contributed by atoms with van der Waals surface area (Å²) in [6.07, 6.45) is -4.70. The summed E-state index contributed by atoms with van der Waals surface area (Å²) in [5.41, 5.74) is 0.845. The van der Waals surface area contributed by atoms with Crippen molar-refractivity contribution in [3.63, 3.8) is 0 Å². The summed E-state index contributed by atoms with van der Waals surface area (Å²) in [6.45, 7) is 3.13. The molecule has 4 nitrogen and oxygen atoms in total. The fourth-order valence-corrected chi connectivity index (χ4v) is 3.34. The molecule has 0 radical (unpaired) electrons. The van der Waals surface area contributed by atoms with E-state index in [-0.39, 0.29) is 16.2 Å². The van der Waals surface area contributed by atoms with Crippen LogP contribution in [0.25, 0.3) is 10.9 Å². The van der Waals surface area contributed by atoms with Crippen LogP contribution in [0.15, 0.2) is 47.5 Å². The van der Waals surface area contributed by atoms with Gasteiger partial charge < -0.3 is 5.32 Å². The van der Waals surface area contributed by atoms with E-state index in [1.165, 1.54) is 25.1 Å². The highest BCUT2D eigenvalue weighted by Gasteiger charge is 2.36. The highest BCUT2D eigenvalue weighted by molar-refractivity contribution is 8.00. The molecule has 0 saturated heterocycles. The fraction of sp³-hybridized carbons (Fsp3) is 0.211. The number of anilines is 1. The predicted molar refractivity (Wildman–Crippen MR) is 99.6 cm³/mol. The zero-order valence-corrected chi connectivity index (χ0v) is 15.7. The number of nitrogens with one attached hydrogen (secondary N) is 1. The molecular weight excluding hydrogens is 394 g/mol. The minimum absolute atomic E-state index is 0.0515. The Labute approximate surface area is 162 Å². The summed E-state index contributed by atoms with van der Waals surface area (Å²) in [6, 6.07) is 10.5. The average molecular weight is 409 g/mol. The average Bonchev–Trinajstić information content (AvgIpc) is 2.63. The number of rotatable bonds is 4. The Morgan fingerprint density at radius 3 is 2.54 bits per heavy atom. The highest BCUT2D eigenvalue weighted by atomic mass is 32.2. The first-order valence-electron chi connectivity index (χ1n) is 8.23. The molecule has 0 unspecified atom stereocenters. The number of alkyl halides is 3. The van der Waals surface area contributed by atoms with Crippen molar-refractivity contribution in [2.45, 2.75) is 30.3 Å². The maximum absolute atomic E-state index is 13.6. The molecule has 2 aromatic carbocycles. The van der Waals surface area contributed by atoms with Gasteiger partial charge in [0.1, 0.15) is 10.8 Å². The molecule has 0 fully saturated rings. The second kappa shape index (κ2) is 7.75. The molecule has 0 aliphatic rings. The lowest BCUT2D eigenvalue weighted by Crippen LogP contribution is -2.23. The van der Waals surface area contributed by atoms with Crippen LogP contribution in [0.2, 0.25) is 0 Å². The summed E-state index contributed by atoms with van der Waals surface area (Å²) in [5.74, 6) is -2.21. The molecule has 1 N–H and O–H groups in total. The van der Waals surface area contributed by atoms with E-state index in [9.17, 15) is 22.4 Å². The summed E-state index contributed by atoms with van der Waals surface area (Å²) >= 11 is 0.881. The van der Waals surface area contributed by atoms with Crippen molar-refractivity contribution in [2.24, 2.45) is 0 Å². The summed E-state index contributed by atoms with van der Waals surface area (Å²) in [5, 5.41) is 2.25. The summed E-state index contributed by atoms with van der Waals surface area (Å²) in [7, 11) is 0. The molecule has 0 aliphatic carbocycles. The van der Waals surface area contributed by atoms with Gasteiger partial charge in [-0.15, -0.1) is 0 Å². The second-order valence-corrected chi connectivity index (χ2v) is 7.41. The van der Waals surface area contributed by atoms with Crippen LogP contribution in [-0.2, 0) is 11.0 Å². The van der Waals surface area contributed by atoms with Crippen LogP contribution >= 0.6 is 11.8 Å². The number of fused-ring (bicyclic) bond motifs is 1. The summed E-state index contributed by atoms with van der Waals surface area (Å²) in [4.78, 5) is 19.6. The quantitative estimate of drug-likeness (QED) is 0.365. The molecule has 1 amide bonds. The number of benzene rings is 2. The lowest BCUT2D eigenvalue weighted by molar-refractivity contribution is -0.145. The van der Waals surface area contributed by atoms with Crippen molar-refractivity contribution < 1.29 is 22.4 Å². The molecule has 3 rings (SSSR count). The van der Waals surface area contributed by atoms with Gasteiger partial charge in [0, 0.05) is 11.1 Å². The molecule has 0 saturated carbocycles. The maximum Gasteiger partial charge on any atom is 0.451 e. The van der Waals surface area contributed by atoms with Crippen molar-refractivity contribution >= 4 is 34.3 Å². The van der Waals surface area contributed by atoms with E-state index in [1.807, 2.05) is 0 Å². The van der Waals surface area contributed by atoms with E-state index in [4.69, 9.17) is 0 Å². The van der Waals surface area contributed by atoms with E-state index in [0.717, 1.165) is 11.8 Å². The Morgan fingerprint density at radius 1 is 1.14 bits per heavy atom. The van der Waals surface area contributed by atoms with Gasteiger partial charge in [-0.25, -0.2) is 14.4 Å². The van der Waals surface area contributed by atoms with Crippen LogP contribution in [0, 0.1) is 12.7 Å². The van der Waals surface area contributed by atoms with Gasteiger partial charge in [0.05, 0.1) is 10.8 Å². The largest absolute Gasteiger partial charge is 0.451 e. The number of para-hydroxylation sites is 1. The molecule has 1 heterocycles. The maximum atomic E-state index is 13.6. The Morgan fingerprint density at radius 2 is 1.86 bits per heavy atom. The first-order chi connectivity index (χ1) is 13.1. The molecule has 0 bridgehead atoms. The van der Waals surface area contributed by atoms with Gasteiger partial charge in [-0.05, 0) is 37.6 Å². The van der Waals surface area contributed by atoms with Crippen molar-refractivity contribution in [3.8, 4) is 0 Å². The number of thioether (sulfide) groups is 1. The number of nitrogens with zero attached hydrogens (tertiary/aromatic N) is 2. The van der Waals surface area contributed by atoms with E-state index in [2.05, 4.69) is 15.3 Å². The van der Waals surface area contributed by atoms with Crippen LogP contribution in [0.1, 0.15) is 18.3 Å². The second-order valence-electron chi connectivity index (χ2n) is 6.08. The number of amides is 1. The normalized spacial score (nSPS) is 12.8. The Bertz CT molecular complexity index is 1040. The van der Waals surface area contributed by atoms with Gasteiger partial charge in [0.15, 0.2) is 0 Å².